The summed E-state index contributed by atoms with van der Waals surface area (Å²) in [5.41, 5.74) is 2.02. The third-order valence-electron chi connectivity index (χ3n) is 5.07. The first kappa shape index (κ1) is 17.3. The van der Waals surface area contributed by atoms with E-state index in [1.54, 1.807) is 4.90 Å². The number of piperazine rings is 1. The minimum Gasteiger partial charge on any atom is -0.459 e. The Hall–Kier alpha value is -3.09. The molecule has 0 saturated carbocycles. The van der Waals surface area contributed by atoms with Crippen molar-refractivity contribution in [3.05, 3.63) is 48.0 Å². The molecular formula is C20H23N5O2. The number of amides is 1. The van der Waals surface area contributed by atoms with Gasteiger partial charge in [0.2, 0.25) is 5.91 Å². The predicted octanol–water partition coefficient (Wildman–Crippen LogP) is 2.98. The predicted molar refractivity (Wildman–Crippen MR) is 105 cm³/mol. The summed E-state index contributed by atoms with van der Waals surface area (Å²) in [6, 6.07) is 9.87. The van der Waals surface area contributed by atoms with Gasteiger partial charge in [-0.2, -0.15) is 0 Å². The first-order valence-electron chi connectivity index (χ1n) is 9.08. The van der Waals surface area contributed by atoms with Gasteiger partial charge < -0.3 is 19.5 Å². The van der Waals surface area contributed by atoms with Crippen LogP contribution >= 0.6 is 0 Å². The second-order valence-corrected chi connectivity index (χ2v) is 6.95. The van der Waals surface area contributed by atoms with E-state index in [0.717, 1.165) is 34.7 Å². The lowest BCUT2D eigenvalue weighted by Crippen LogP contribution is -2.48. The molecule has 1 aromatic carbocycles. The number of aryl methyl sites for hydroxylation is 1. The first-order valence-corrected chi connectivity index (χ1v) is 9.08. The summed E-state index contributed by atoms with van der Waals surface area (Å²) >= 11 is 0. The maximum Gasteiger partial charge on any atom is 0.241 e. The van der Waals surface area contributed by atoms with Crippen molar-refractivity contribution in [2.75, 3.05) is 36.9 Å². The van der Waals surface area contributed by atoms with E-state index in [0.29, 0.717) is 18.9 Å². The van der Waals surface area contributed by atoms with Crippen molar-refractivity contribution in [3.63, 3.8) is 0 Å². The fraction of sp³-hybridized carbons (Fsp3) is 0.350. The van der Waals surface area contributed by atoms with Crippen molar-refractivity contribution in [2.24, 2.45) is 0 Å². The topological polar surface area (TPSA) is 74.5 Å². The quantitative estimate of drug-likeness (QED) is 0.766. The van der Waals surface area contributed by atoms with Crippen LogP contribution in [0.1, 0.15) is 24.3 Å². The largest absolute Gasteiger partial charge is 0.459 e. The SMILES string of the molecule is Cc1c([C@H](C)Nc2cc(N3CCN(C)C(=O)C3)ncn2)oc2ccccc12. The molecule has 0 bridgehead atoms. The van der Waals surface area contributed by atoms with Gasteiger partial charge in [-0.3, -0.25) is 4.79 Å². The highest BCUT2D eigenvalue weighted by Crippen LogP contribution is 2.31. The normalized spacial score (nSPS) is 16.0. The number of aromatic nitrogens is 2. The second-order valence-electron chi connectivity index (χ2n) is 6.95. The lowest BCUT2D eigenvalue weighted by atomic mass is 10.1. The molecule has 1 atom stereocenters. The van der Waals surface area contributed by atoms with Crippen LogP contribution < -0.4 is 10.2 Å². The Morgan fingerprint density at radius 3 is 2.81 bits per heavy atom. The van der Waals surface area contributed by atoms with Crippen LogP contribution in [-0.2, 0) is 4.79 Å². The summed E-state index contributed by atoms with van der Waals surface area (Å²) in [6.45, 7) is 5.91. The number of furan rings is 1. The Kier molecular flexibility index (Phi) is 4.43. The molecule has 3 aromatic rings. The lowest BCUT2D eigenvalue weighted by Gasteiger charge is -2.32. The van der Waals surface area contributed by atoms with Crippen molar-refractivity contribution in [1.29, 1.82) is 0 Å². The number of carbonyl (C=O) groups is 1. The Labute approximate surface area is 158 Å². The lowest BCUT2D eigenvalue weighted by molar-refractivity contribution is -0.129. The van der Waals surface area contributed by atoms with Gasteiger partial charge in [-0.25, -0.2) is 9.97 Å². The van der Waals surface area contributed by atoms with Crippen LogP contribution in [-0.4, -0.2) is 47.5 Å². The number of carbonyl (C=O) groups excluding carboxylic acids is 1. The van der Waals surface area contributed by atoms with E-state index in [4.69, 9.17) is 4.42 Å². The number of benzene rings is 1. The summed E-state index contributed by atoms with van der Waals surface area (Å²) < 4.78 is 6.04. The molecular weight excluding hydrogens is 342 g/mol. The molecule has 2 aromatic heterocycles. The van der Waals surface area contributed by atoms with Crippen LogP contribution in [0.25, 0.3) is 11.0 Å². The van der Waals surface area contributed by atoms with Gasteiger partial charge in [0.25, 0.3) is 0 Å². The maximum absolute atomic E-state index is 12.0. The fourth-order valence-corrected chi connectivity index (χ4v) is 3.45. The number of hydrogen-bond donors (Lipinski definition) is 1. The molecule has 0 spiro atoms. The van der Waals surface area contributed by atoms with Crippen molar-refractivity contribution in [1.82, 2.24) is 14.9 Å². The van der Waals surface area contributed by atoms with Gasteiger partial charge in [0.1, 0.15) is 29.3 Å². The van der Waals surface area contributed by atoms with Crippen molar-refractivity contribution in [2.45, 2.75) is 19.9 Å². The summed E-state index contributed by atoms with van der Waals surface area (Å²) in [5.74, 6) is 2.45. The summed E-state index contributed by atoms with van der Waals surface area (Å²) in [6.07, 6.45) is 1.53. The van der Waals surface area contributed by atoms with Crippen LogP contribution in [0, 0.1) is 6.92 Å². The molecule has 140 valence electrons. The van der Waals surface area contributed by atoms with Crippen molar-refractivity contribution in [3.8, 4) is 0 Å². The van der Waals surface area contributed by atoms with Crippen LogP contribution in [0.3, 0.4) is 0 Å². The zero-order valence-electron chi connectivity index (χ0n) is 15.8. The van der Waals surface area contributed by atoms with E-state index < -0.39 is 0 Å². The minimum absolute atomic E-state index is 0.0470. The Bertz CT molecular complexity index is 983. The van der Waals surface area contributed by atoms with E-state index >= 15 is 0 Å². The molecule has 1 saturated heterocycles. The number of rotatable bonds is 4. The molecule has 4 rings (SSSR count). The van der Waals surface area contributed by atoms with Crippen LogP contribution in [0.2, 0.25) is 0 Å². The van der Waals surface area contributed by atoms with Gasteiger partial charge in [-0.1, -0.05) is 18.2 Å². The molecule has 0 aliphatic carbocycles. The number of nitrogens with zero attached hydrogens (tertiary/aromatic N) is 4. The van der Waals surface area contributed by atoms with E-state index in [-0.39, 0.29) is 11.9 Å². The monoisotopic (exact) mass is 365 g/mol. The fourth-order valence-electron chi connectivity index (χ4n) is 3.45. The third-order valence-corrected chi connectivity index (χ3v) is 5.07. The zero-order chi connectivity index (χ0) is 19.0. The van der Waals surface area contributed by atoms with Gasteiger partial charge in [-0.15, -0.1) is 0 Å². The van der Waals surface area contributed by atoms with Gasteiger partial charge in [0, 0.05) is 37.2 Å². The Morgan fingerprint density at radius 1 is 1.22 bits per heavy atom. The molecule has 27 heavy (non-hydrogen) atoms. The Morgan fingerprint density at radius 2 is 2.04 bits per heavy atom. The average Bonchev–Trinajstić information content (AvgIpc) is 3.01. The number of para-hydroxylation sites is 1. The minimum atomic E-state index is -0.0470. The third kappa shape index (κ3) is 3.32. The van der Waals surface area contributed by atoms with Gasteiger partial charge in [0.15, 0.2) is 0 Å². The summed E-state index contributed by atoms with van der Waals surface area (Å²) in [5, 5.41) is 4.52. The smallest absolute Gasteiger partial charge is 0.241 e. The van der Waals surface area contributed by atoms with Crippen LogP contribution in [0.4, 0.5) is 11.6 Å². The summed E-state index contributed by atoms with van der Waals surface area (Å²) in [7, 11) is 1.82. The first-order chi connectivity index (χ1) is 13.0. The number of hydrogen-bond acceptors (Lipinski definition) is 6. The molecule has 3 heterocycles. The number of likely N-dealkylation sites (N-methyl/N-ethyl adjacent to an activating group) is 1. The number of fused-ring (bicyclic) bond motifs is 1. The highest BCUT2D eigenvalue weighted by Gasteiger charge is 2.23. The molecule has 1 aliphatic rings. The average molecular weight is 365 g/mol. The van der Waals surface area contributed by atoms with E-state index in [9.17, 15) is 4.79 Å². The van der Waals surface area contributed by atoms with E-state index in [1.165, 1.54) is 6.33 Å². The number of anilines is 2. The maximum atomic E-state index is 12.0. The molecule has 0 unspecified atom stereocenters. The molecule has 0 radical (unpaired) electrons. The van der Waals surface area contributed by atoms with Crippen LogP contribution in [0.15, 0.2) is 41.1 Å². The van der Waals surface area contributed by atoms with E-state index in [1.807, 2.05) is 43.1 Å². The highest BCUT2D eigenvalue weighted by molar-refractivity contribution is 5.83. The van der Waals surface area contributed by atoms with E-state index in [2.05, 4.69) is 28.3 Å². The number of nitrogens with one attached hydrogen (secondary N) is 1. The summed E-state index contributed by atoms with van der Waals surface area (Å²) in [4.78, 5) is 24.3. The standard InChI is InChI=1S/C20H23N5O2/c1-13-15-6-4-5-7-16(15)27-20(13)14(2)23-17-10-18(22-12-21-17)25-9-8-24(3)19(26)11-25/h4-7,10,12,14H,8-9,11H2,1-3H3,(H,21,22,23)/t14-/m0/s1. The van der Waals surface area contributed by atoms with Gasteiger partial charge in [-0.05, 0) is 19.9 Å². The van der Waals surface area contributed by atoms with Gasteiger partial charge >= 0.3 is 0 Å². The highest BCUT2D eigenvalue weighted by atomic mass is 16.3. The van der Waals surface area contributed by atoms with Gasteiger partial charge in [0.05, 0.1) is 12.6 Å². The molecule has 1 aliphatic heterocycles. The zero-order valence-corrected chi connectivity index (χ0v) is 15.8. The Balaban J connectivity index is 1.54. The van der Waals surface area contributed by atoms with Crippen molar-refractivity contribution < 1.29 is 9.21 Å². The molecule has 1 N–H and O–H groups in total. The molecule has 7 heteroatoms. The molecule has 1 fully saturated rings. The second kappa shape index (κ2) is 6.90. The molecule has 1 amide bonds. The van der Waals surface area contributed by atoms with Crippen LogP contribution in [0.5, 0.6) is 0 Å². The van der Waals surface area contributed by atoms with Crippen molar-refractivity contribution >= 4 is 28.5 Å². The molecule has 7 nitrogen and oxygen atoms in total.